The van der Waals surface area contributed by atoms with E-state index in [1.807, 2.05) is 36.2 Å². The van der Waals surface area contributed by atoms with Gasteiger partial charge in [-0.25, -0.2) is 9.97 Å². The number of benzene rings is 1. The molecule has 1 unspecified atom stereocenters. The lowest BCUT2D eigenvalue weighted by Gasteiger charge is -2.33. The number of amides is 1. The van der Waals surface area contributed by atoms with Crippen LogP contribution in [-0.4, -0.2) is 41.0 Å². The highest BCUT2D eigenvalue weighted by molar-refractivity contribution is 5.79. The van der Waals surface area contributed by atoms with Gasteiger partial charge in [-0.15, -0.1) is 0 Å². The van der Waals surface area contributed by atoms with Crippen molar-refractivity contribution in [3.8, 4) is 0 Å². The van der Waals surface area contributed by atoms with Crippen LogP contribution in [0.3, 0.4) is 0 Å². The Morgan fingerprint density at radius 3 is 2.85 bits per heavy atom. The number of hydrogen-bond donors (Lipinski definition) is 0. The first-order valence-corrected chi connectivity index (χ1v) is 9.22. The molecule has 0 saturated carbocycles. The zero-order chi connectivity index (χ0) is 18.5. The predicted molar refractivity (Wildman–Crippen MR) is 101 cm³/mol. The Balaban J connectivity index is 1.74. The lowest BCUT2D eigenvalue weighted by Crippen LogP contribution is -2.40. The molecule has 1 aromatic heterocycles. The Hall–Kier alpha value is -2.27. The van der Waals surface area contributed by atoms with Gasteiger partial charge in [-0.1, -0.05) is 24.3 Å². The van der Waals surface area contributed by atoms with Gasteiger partial charge in [0.05, 0.1) is 18.7 Å². The Morgan fingerprint density at radius 1 is 1.27 bits per heavy atom. The van der Waals surface area contributed by atoms with Crippen LogP contribution in [0.4, 0.5) is 0 Å². The summed E-state index contributed by atoms with van der Waals surface area (Å²) in [6.07, 6.45) is 4.36. The van der Waals surface area contributed by atoms with Gasteiger partial charge in [0.1, 0.15) is 5.82 Å². The van der Waals surface area contributed by atoms with Crippen LogP contribution in [0.5, 0.6) is 0 Å². The van der Waals surface area contributed by atoms with Gasteiger partial charge in [0.15, 0.2) is 0 Å². The molecule has 3 rings (SSSR count). The van der Waals surface area contributed by atoms with Crippen molar-refractivity contribution in [3.05, 3.63) is 58.7 Å². The fourth-order valence-corrected chi connectivity index (χ4v) is 3.64. The molecular weight excluding hydrogens is 326 g/mol. The summed E-state index contributed by atoms with van der Waals surface area (Å²) in [5, 5.41) is 0. The number of carbonyl (C=O) groups is 1. The molecule has 1 aliphatic heterocycles. The molecule has 0 N–H and O–H groups in total. The first kappa shape index (κ1) is 18.5. The average Bonchev–Trinajstić information content (AvgIpc) is 2.65. The summed E-state index contributed by atoms with van der Waals surface area (Å²) >= 11 is 0. The molecule has 5 nitrogen and oxygen atoms in total. The van der Waals surface area contributed by atoms with Crippen molar-refractivity contribution in [2.24, 2.45) is 0 Å². The van der Waals surface area contributed by atoms with Gasteiger partial charge < -0.3 is 9.64 Å². The van der Waals surface area contributed by atoms with E-state index in [1.165, 1.54) is 5.56 Å². The van der Waals surface area contributed by atoms with E-state index in [0.717, 1.165) is 48.6 Å². The highest BCUT2D eigenvalue weighted by atomic mass is 16.5. The van der Waals surface area contributed by atoms with E-state index in [9.17, 15) is 4.79 Å². The fraction of sp³-hybridized carbons (Fsp3) is 0.476. The second-order valence-corrected chi connectivity index (χ2v) is 7.04. The molecule has 5 heteroatoms. The minimum atomic E-state index is 0.197. The van der Waals surface area contributed by atoms with Gasteiger partial charge >= 0.3 is 0 Å². The first-order chi connectivity index (χ1) is 12.6. The number of nitrogens with zero attached hydrogens (tertiary/aromatic N) is 3. The van der Waals surface area contributed by atoms with Gasteiger partial charge in [0.2, 0.25) is 5.91 Å². The molecule has 1 amide bonds. The first-order valence-electron chi connectivity index (χ1n) is 9.22. The summed E-state index contributed by atoms with van der Waals surface area (Å²) in [4.78, 5) is 23.8. The Kier molecular flexibility index (Phi) is 5.99. The van der Waals surface area contributed by atoms with Crippen molar-refractivity contribution in [1.29, 1.82) is 0 Å². The molecule has 0 spiro atoms. The summed E-state index contributed by atoms with van der Waals surface area (Å²) in [7, 11) is 1.68. The number of ether oxygens (including phenoxy) is 1. The predicted octanol–water partition coefficient (Wildman–Crippen LogP) is 3.19. The lowest BCUT2D eigenvalue weighted by atomic mass is 9.91. The monoisotopic (exact) mass is 353 g/mol. The van der Waals surface area contributed by atoms with Crippen LogP contribution < -0.4 is 0 Å². The average molecular weight is 353 g/mol. The molecule has 2 heterocycles. The maximum absolute atomic E-state index is 12.8. The largest absolute Gasteiger partial charge is 0.380 e. The second-order valence-electron chi connectivity index (χ2n) is 7.04. The van der Waals surface area contributed by atoms with Gasteiger partial charge in [-0.05, 0) is 37.8 Å². The highest BCUT2D eigenvalue weighted by Crippen LogP contribution is 2.28. The topological polar surface area (TPSA) is 55.3 Å². The number of aryl methyl sites for hydroxylation is 2. The molecule has 26 heavy (non-hydrogen) atoms. The quantitative estimate of drug-likeness (QED) is 0.828. The maximum Gasteiger partial charge on any atom is 0.227 e. The smallest absolute Gasteiger partial charge is 0.227 e. The maximum atomic E-state index is 12.8. The van der Waals surface area contributed by atoms with Gasteiger partial charge in [-0.3, -0.25) is 4.79 Å². The fourth-order valence-electron chi connectivity index (χ4n) is 3.64. The highest BCUT2D eigenvalue weighted by Gasteiger charge is 2.27. The van der Waals surface area contributed by atoms with Crippen molar-refractivity contribution in [2.45, 2.75) is 45.6 Å². The minimum absolute atomic E-state index is 0.197. The summed E-state index contributed by atoms with van der Waals surface area (Å²) in [6, 6.07) is 8.10. The van der Waals surface area contributed by atoms with Gasteiger partial charge in [0.25, 0.3) is 0 Å². The molecule has 0 radical (unpaired) electrons. The summed E-state index contributed by atoms with van der Waals surface area (Å²) < 4.78 is 5.31. The zero-order valence-corrected chi connectivity index (χ0v) is 15.9. The van der Waals surface area contributed by atoms with Crippen molar-refractivity contribution in [3.63, 3.8) is 0 Å². The van der Waals surface area contributed by atoms with E-state index >= 15 is 0 Å². The van der Waals surface area contributed by atoms with Crippen LogP contribution in [0.15, 0.2) is 30.5 Å². The van der Waals surface area contributed by atoms with Crippen LogP contribution >= 0.6 is 0 Å². The van der Waals surface area contributed by atoms with E-state index in [-0.39, 0.29) is 11.8 Å². The number of hydrogen-bond acceptors (Lipinski definition) is 4. The number of methoxy groups -OCH3 is 1. The Morgan fingerprint density at radius 2 is 2.08 bits per heavy atom. The van der Waals surface area contributed by atoms with Crippen LogP contribution in [0.25, 0.3) is 0 Å². The molecular formula is C21H27N3O2. The second kappa shape index (κ2) is 8.41. The van der Waals surface area contributed by atoms with Crippen LogP contribution in [0.2, 0.25) is 0 Å². The third kappa shape index (κ3) is 4.28. The molecule has 1 aromatic carbocycles. The number of carbonyl (C=O) groups excluding carboxylic acids is 1. The van der Waals surface area contributed by atoms with Crippen LogP contribution in [0.1, 0.15) is 47.0 Å². The Bertz CT molecular complexity index is 776. The van der Waals surface area contributed by atoms with E-state index in [0.29, 0.717) is 13.0 Å². The lowest BCUT2D eigenvalue weighted by molar-refractivity contribution is -0.131. The molecule has 1 fully saturated rings. The summed E-state index contributed by atoms with van der Waals surface area (Å²) in [6.45, 7) is 6.01. The molecule has 1 saturated heterocycles. The zero-order valence-electron chi connectivity index (χ0n) is 15.9. The molecule has 2 aromatic rings. The van der Waals surface area contributed by atoms with Crippen LogP contribution in [-0.2, 0) is 22.6 Å². The third-order valence-corrected chi connectivity index (χ3v) is 5.08. The van der Waals surface area contributed by atoms with E-state index in [2.05, 4.69) is 23.0 Å². The molecule has 1 atom stereocenters. The normalized spacial score (nSPS) is 17.3. The van der Waals surface area contributed by atoms with Crippen molar-refractivity contribution < 1.29 is 9.53 Å². The summed E-state index contributed by atoms with van der Waals surface area (Å²) in [5.41, 5.74) is 4.34. The molecule has 138 valence electrons. The number of rotatable bonds is 5. The summed E-state index contributed by atoms with van der Waals surface area (Å²) in [5.74, 6) is 1.21. The molecule has 0 bridgehead atoms. The van der Waals surface area contributed by atoms with Crippen molar-refractivity contribution in [2.75, 3.05) is 20.2 Å². The SMILES string of the molecule is COCc1cnc(C)nc1C1CCCN(C(=O)Cc2ccccc2C)C1. The number of likely N-dealkylation sites (tertiary alicyclic amines) is 1. The minimum Gasteiger partial charge on any atom is -0.380 e. The number of aromatic nitrogens is 2. The van der Waals surface area contributed by atoms with Gasteiger partial charge in [-0.2, -0.15) is 0 Å². The molecule has 1 aliphatic rings. The van der Waals surface area contributed by atoms with E-state index in [4.69, 9.17) is 4.74 Å². The van der Waals surface area contributed by atoms with Crippen molar-refractivity contribution >= 4 is 5.91 Å². The standard InChI is InChI=1S/C21H27N3O2/c1-15-7-4-5-8-17(15)11-20(25)24-10-6-9-18(13-24)21-19(14-26-3)12-22-16(2)23-21/h4-5,7-8,12,18H,6,9-11,13-14H2,1-3H3. The van der Waals surface area contributed by atoms with E-state index < -0.39 is 0 Å². The Labute approximate surface area is 155 Å². The molecule has 0 aliphatic carbocycles. The van der Waals surface area contributed by atoms with E-state index in [1.54, 1.807) is 7.11 Å². The van der Waals surface area contributed by atoms with Gasteiger partial charge in [0, 0.05) is 37.9 Å². The number of piperidine rings is 1. The third-order valence-electron chi connectivity index (χ3n) is 5.08. The van der Waals surface area contributed by atoms with Crippen molar-refractivity contribution in [1.82, 2.24) is 14.9 Å². The van der Waals surface area contributed by atoms with Crippen LogP contribution in [0, 0.1) is 13.8 Å².